The number of morpholine rings is 1. The second-order valence-electron chi connectivity index (χ2n) is 16.4. The van der Waals surface area contributed by atoms with Crippen LogP contribution in [0, 0.1) is 5.92 Å². The van der Waals surface area contributed by atoms with Crippen molar-refractivity contribution in [2.24, 2.45) is 5.92 Å². The minimum Gasteiger partial charge on any atom is -0.464 e. The fourth-order valence-corrected chi connectivity index (χ4v) is 9.33. The zero-order valence-electron chi connectivity index (χ0n) is 33.8. The summed E-state index contributed by atoms with van der Waals surface area (Å²) < 4.78 is 58.7. The van der Waals surface area contributed by atoms with E-state index >= 15 is 0 Å². The van der Waals surface area contributed by atoms with Crippen LogP contribution in [0.25, 0.3) is 0 Å². The Labute approximate surface area is 353 Å². The zero-order chi connectivity index (χ0) is 42.4. The Kier molecular flexibility index (Phi) is 14.3. The molecule has 328 valence electrons. The average Bonchev–Trinajstić information content (AvgIpc) is 3.42. The van der Waals surface area contributed by atoms with Gasteiger partial charge in [-0.05, 0) is 87.4 Å². The van der Waals surface area contributed by atoms with Crippen LogP contribution in [-0.4, -0.2) is 152 Å². The molecule has 5 heterocycles. The Balaban J connectivity index is 0.939. The number of amides is 4. The molecular formula is C42H55ClF3N7O7. The molecule has 0 saturated carbocycles. The number of nitrogen functional groups attached to an aromatic ring is 1. The van der Waals surface area contributed by atoms with E-state index in [-0.39, 0.29) is 60.1 Å². The van der Waals surface area contributed by atoms with Crippen molar-refractivity contribution >= 4 is 47.0 Å². The Hall–Kier alpha value is -4.32. The third-order valence-corrected chi connectivity index (χ3v) is 13.0. The summed E-state index contributed by atoms with van der Waals surface area (Å²) >= 11 is 6.15. The topological polar surface area (TPSA) is 150 Å². The fraction of sp³-hybridized carbons (Fsp3) is 0.619. The standard InChI is InChI=1S/C42H55ClF3N7O7/c43-34-26-28(25-33(37(34)47)42(44,45)46)27-36(60-41(57)52-16-10-32(11-17-52)53-18-7-29-3-1-2-4-35(29)48-40(53)56)38(54)51-14-8-31(9-15-51)50-12-5-30(6-13-50)39(55)59-24-21-49-19-22-58-23-20-49/h1-4,25-26,30-32,36H,5-24,27,47H2,(H,48,56). The number of nitrogens with two attached hydrogens (primary N) is 1. The minimum absolute atomic E-state index is 0.0527. The first-order valence-corrected chi connectivity index (χ1v) is 21.5. The van der Waals surface area contributed by atoms with Crippen molar-refractivity contribution in [3.05, 3.63) is 58.1 Å². The van der Waals surface area contributed by atoms with Gasteiger partial charge in [0.1, 0.15) is 6.61 Å². The number of para-hydroxylation sites is 1. The lowest BCUT2D eigenvalue weighted by Gasteiger charge is -2.42. The van der Waals surface area contributed by atoms with Crippen LogP contribution in [0.2, 0.25) is 5.02 Å². The van der Waals surface area contributed by atoms with Gasteiger partial charge in [-0.15, -0.1) is 0 Å². The number of hydrogen-bond donors (Lipinski definition) is 2. The number of fused-ring (bicyclic) bond motifs is 1. The highest BCUT2D eigenvalue weighted by atomic mass is 35.5. The molecule has 4 fully saturated rings. The van der Waals surface area contributed by atoms with Gasteiger partial charge in [-0.2, -0.15) is 13.2 Å². The normalized spacial score (nSPS) is 21.2. The highest BCUT2D eigenvalue weighted by Crippen LogP contribution is 2.38. The van der Waals surface area contributed by atoms with Crippen LogP contribution in [0.4, 0.5) is 34.1 Å². The first-order chi connectivity index (χ1) is 28.8. The van der Waals surface area contributed by atoms with E-state index in [1.54, 1.807) is 9.80 Å². The molecule has 3 N–H and O–H groups in total. The summed E-state index contributed by atoms with van der Waals surface area (Å²) in [6, 6.07) is 9.65. The quantitative estimate of drug-likeness (QED) is 0.244. The molecule has 14 nitrogen and oxygen atoms in total. The van der Waals surface area contributed by atoms with E-state index in [1.807, 2.05) is 24.3 Å². The molecule has 0 aromatic heterocycles. The maximum Gasteiger partial charge on any atom is 0.418 e. The minimum atomic E-state index is -4.79. The number of piperidine rings is 3. The molecule has 1 unspecified atom stereocenters. The predicted octanol–water partition coefficient (Wildman–Crippen LogP) is 5.12. The van der Waals surface area contributed by atoms with Gasteiger partial charge in [0.15, 0.2) is 6.10 Å². The van der Waals surface area contributed by atoms with Crippen molar-refractivity contribution in [2.75, 3.05) is 96.3 Å². The number of nitrogens with one attached hydrogen (secondary N) is 1. The summed E-state index contributed by atoms with van der Waals surface area (Å²) in [7, 11) is 0. The summed E-state index contributed by atoms with van der Waals surface area (Å²) in [4.78, 5) is 63.3. The second-order valence-corrected chi connectivity index (χ2v) is 16.8. The number of esters is 1. The maximum atomic E-state index is 14.2. The number of rotatable bonds is 10. The predicted molar refractivity (Wildman–Crippen MR) is 217 cm³/mol. The van der Waals surface area contributed by atoms with Crippen LogP contribution < -0.4 is 11.1 Å². The molecular weight excluding hydrogens is 807 g/mol. The fourth-order valence-electron chi connectivity index (χ4n) is 9.09. The number of alkyl halides is 3. The van der Waals surface area contributed by atoms with E-state index in [4.69, 9.17) is 31.5 Å². The number of ether oxygens (including phenoxy) is 3. The molecule has 1 atom stereocenters. The molecule has 0 bridgehead atoms. The third kappa shape index (κ3) is 10.8. The van der Waals surface area contributed by atoms with Crippen LogP contribution in [-0.2, 0) is 42.8 Å². The van der Waals surface area contributed by atoms with Crippen molar-refractivity contribution in [1.82, 2.24) is 24.5 Å². The van der Waals surface area contributed by atoms with Gasteiger partial charge in [-0.1, -0.05) is 29.8 Å². The highest BCUT2D eigenvalue weighted by Gasteiger charge is 2.39. The van der Waals surface area contributed by atoms with Crippen LogP contribution in [0.3, 0.4) is 0 Å². The molecule has 2 aromatic rings. The van der Waals surface area contributed by atoms with Crippen molar-refractivity contribution in [1.29, 1.82) is 0 Å². The average molecular weight is 862 g/mol. The molecule has 5 aliphatic heterocycles. The first-order valence-electron chi connectivity index (χ1n) is 21.1. The number of urea groups is 1. The summed E-state index contributed by atoms with van der Waals surface area (Å²) in [6.45, 7) is 7.37. The molecule has 60 heavy (non-hydrogen) atoms. The Morgan fingerprint density at radius 3 is 2.25 bits per heavy atom. The van der Waals surface area contributed by atoms with E-state index in [2.05, 4.69) is 15.1 Å². The molecule has 18 heteroatoms. The molecule has 5 aliphatic rings. The van der Waals surface area contributed by atoms with Crippen molar-refractivity contribution < 1.29 is 46.6 Å². The largest absolute Gasteiger partial charge is 0.464 e. The molecule has 0 radical (unpaired) electrons. The molecule has 2 aromatic carbocycles. The van der Waals surface area contributed by atoms with Gasteiger partial charge < -0.3 is 44.9 Å². The maximum absolute atomic E-state index is 14.2. The number of anilines is 2. The van der Waals surface area contributed by atoms with E-state index in [1.165, 1.54) is 11.0 Å². The summed E-state index contributed by atoms with van der Waals surface area (Å²) in [5.41, 5.74) is 5.83. The zero-order valence-corrected chi connectivity index (χ0v) is 34.6. The molecule has 7 rings (SSSR count). The van der Waals surface area contributed by atoms with Gasteiger partial charge in [0.05, 0.1) is 35.4 Å². The Morgan fingerprint density at radius 1 is 0.883 bits per heavy atom. The summed E-state index contributed by atoms with van der Waals surface area (Å²) in [5.74, 6) is -0.813. The second kappa shape index (κ2) is 19.6. The van der Waals surface area contributed by atoms with E-state index in [9.17, 15) is 32.3 Å². The molecule has 4 saturated heterocycles. The number of carbonyl (C=O) groups excluding carboxylic acids is 4. The lowest BCUT2D eigenvalue weighted by molar-refractivity contribution is -0.151. The molecule has 0 spiro atoms. The molecule has 4 amide bonds. The lowest BCUT2D eigenvalue weighted by Crippen LogP contribution is -2.53. The number of hydrogen-bond acceptors (Lipinski definition) is 10. The van der Waals surface area contributed by atoms with Gasteiger partial charge in [0.2, 0.25) is 0 Å². The third-order valence-electron chi connectivity index (χ3n) is 12.7. The number of nitrogens with zero attached hydrogens (tertiary/aromatic N) is 5. The van der Waals surface area contributed by atoms with Crippen LogP contribution in [0.15, 0.2) is 36.4 Å². The number of benzene rings is 2. The van der Waals surface area contributed by atoms with Crippen molar-refractivity contribution in [2.45, 2.75) is 75.7 Å². The molecule has 0 aliphatic carbocycles. The SMILES string of the molecule is Nc1c(Cl)cc(CC(OC(=O)N2CCC(N3CCc4ccccc4NC3=O)CC2)C(=O)N2CCC(N3CCC(C(=O)OCCN4CCOCC4)CC3)CC2)cc1C(F)(F)F. The van der Waals surface area contributed by atoms with Gasteiger partial charge in [-0.3, -0.25) is 14.5 Å². The van der Waals surface area contributed by atoms with Gasteiger partial charge in [0, 0.05) is 76.5 Å². The van der Waals surface area contributed by atoms with Gasteiger partial charge in [-0.25, -0.2) is 9.59 Å². The highest BCUT2D eigenvalue weighted by molar-refractivity contribution is 6.33. The lowest BCUT2D eigenvalue weighted by atomic mass is 9.93. The number of likely N-dealkylation sites (tertiary alicyclic amines) is 3. The Morgan fingerprint density at radius 2 is 1.55 bits per heavy atom. The number of carbonyl (C=O) groups is 4. The van der Waals surface area contributed by atoms with Crippen molar-refractivity contribution in [3.8, 4) is 0 Å². The monoisotopic (exact) mass is 861 g/mol. The van der Waals surface area contributed by atoms with Crippen LogP contribution >= 0.6 is 11.6 Å². The Bertz CT molecular complexity index is 1840. The van der Waals surface area contributed by atoms with Gasteiger partial charge in [0.25, 0.3) is 5.91 Å². The smallest absolute Gasteiger partial charge is 0.418 e. The summed E-state index contributed by atoms with van der Waals surface area (Å²) in [6.07, 6.45) is -2.97. The van der Waals surface area contributed by atoms with E-state index in [0.29, 0.717) is 90.9 Å². The van der Waals surface area contributed by atoms with Crippen molar-refractivity contribution in [3.63, 3.8) is 0 Å². The number of halogens is 4. The van der Waals surface area contributed by atoms with E-state index in [0.717, 1.165) is 43.5 Å². The van der Waals surface area contributed by atoms with Gasteiger partial charge >= 0.3 is 24.3 Å². The van der Waals surface area contributed by atoms with Crippen LogP contribution in [0.5, 0.6) is 0 Å². The summed E-state index contributed by atoms with van der Waals surface area (Å²) in [5, 5.41) is 2.67. The van der Waals surface area contributed by atoms with Crippen LogP contribution in [0.1, 0.15) is 55.2 Å². The first kappa shape index (κ1) is 43.8. The van der Waals surface area contributed by atoms with E-state index < -0.39 is 35.5 Å².